The molecule has 0 bridgehead atoms. The van der Waals surface area contributed by atoms with Gasteiger partial charge in [-0.3, -0.25) is 14.2 Å². The first kappa shape index (κ1) is 23.1. The van der Waals surface area contributed by atoms with Crippen LogP contribution in [0.1, 0.15) is 13.3 Å². The van der Waals surface area contributed by atoms with Crippen LogP contribution in [0.3, 0.4) is 0 Å². The number of benzene rings is 2. The minimum Gasteiger partial charge on any atom is -0.385 e. The van der Waals surface area contributed by atoms with Gasteiger partial charge in [0.05, 0.1) is 27.2 Å². The van der Waals surface area contributed by atoms with Gasteiger partial charge in [0.15, 0.2) is 5.16 Å². The van der Waals surface area contributed by atoms with Crippen molar-refractivity contribution in [2.75, 3.05) is 19.0 Å². The molecule has 1 unspecified atom stereocenters. The average Bonchev–Trinajstić information content (AvgIpc) is 3.15. The summed E-state index contributed by atoms with van der Waals surface area (Å²) < 4.78 is 6.69. The second kappa shape index (κ2) is 9.82. The SMILES string of the molecule is COCCCn1c(SC(C)C(=O)Nc2ccc3[nH]c(=O)[nH]c3c2)nc2cc(Cl)ccc2c1=O. The van der Waals surface area contributed by atoms with Crippen LogP contribution in [0.4, 0.5) is 5.69 Å². The number of hydrogen-bond acceptors (Lipinski definition) is 6. The molecule has 1 amide bonds. The molecule has 0 saturated carbocycles. The van der Waals surface area contributed by atoms with Crippen LogP contribution in [-0.2, 0) is 16.1 Å². The zero-order chi connectivity index (χ0) is 23.5. The standard InChI is InChI=1S/C22H22ClN5O4S/c1-12(19(29)24-14-5-7-16-18(11-14)26-21(31)25-16)33-22-27-17-10-13(23)4-6-15(17)20(30)28(22)8-3-9-32-2/h4-7,10-12H,3,8-9H2,1-2H3,(H,24,29)(H2,25,26,31). The molecule has 172 valence electrons. The number of methoxy groups -OCH3 is 1. The fourth-order valence-electron chi connectivity index (χ4n) is 3.39. The molecule has 4 aromatic rings. The molecule has 0 fully saturated rings. The molecule has 0 saturated heterocycles. The van der Waals surface area contributed by atoms with Crippen LogP contribution in [0.15, 0.2) is 51.1 Å². The molecule has 1 atom stereocenters. The Kier molecular flexibility index (Phi) is 6.87. The van der Waals surface area contributed by atoms with E-state index in [2.05, 4.69) is 20.3 Å². The van der Waals surface area contributed by atoms with Gasteiger partial charge in [0.1, 0.15) is 0 Å². The number of aromatic nitrogens is 4. The predicted molar refractivity (Wildman–Crippen MR) is 130 cm³/mol. The lowest BCUT2D eigenvalue weighted by Crippen LogP contribution is -2.27. The number of H-pyrrole nitrogens is 2. The molecular weight excluding hydrogens is 466 g/mol. The second-order valence-corrected chi connectivity index (χ2v) is 9.19. The molecule has 0 radical (unpaired) electrons. The van der Waals surface area contributed by atoms with Crippen molar-refractivity contribution in [2.24, 2.45) is 0 Å². The molecule has 0 aliphatic heterocycles. The lowest BCUT2D eigenvalue weighted by atomic mass is 10.2. The van der Waals surface area contributed by atoms with Gasteiger partial charge in [0, 0.05) is 31.0 Å². The highest BCUT2D eigenvalue weighted by molar-refractivity contribution is 8.00. The van der Waals surface area contributed by atoms with E-state index in [1.54, 1.807) is 55.0 Å². The summed E-state index contributed by atoms with van der Waals surface area (Å²) in [7, 11) is 1.60. The minimum atomic E-state index is -0.553. The first-order chi connectivity index (χ1) is 15.9. The molecule has 0 aliphatic carbocycles. The van der Waals surface area contributed by atoms with Crippen LogP contribution < -0.4 is 16.6 Å². The topological polar surface area (TPSA) is 122 Å². The molecule has 11 heteroatoms. The summed E-state index contributed by atoms with van der Waals surface area (Å²) in [6.07, 6.45) is 0.625. The van der Waals surface area contributed by atoms with E-state index < -0.39 is 5.25 Å². The van der Waals surface area contributed by atoms with Crippen molar-refractivity contribution in [1.82, 2.24) is 19.5 Å². The Morgan fingerprint density at radius 3 is 2.79 bits per heavy atom. The van der Waals surface area contributed by atoms with Gasteiger partial charge in [-0.2, -0.15) is 0 Å². The van der Waals surface area contributed by atoms with Gasteiger partial charge < -0.3 is 20.0 Å². The highest BCUT2D eigenvalue weighted by Gasteiger charge is 2.20. The Morgan fingerprint density at radius 2 is 2.00 bits per heavy atom. The quantitative estimate of drug-likeness (QED) is 0.199. The van der Waals surface area contributed by atoms with E-state index in [-0.39, 0.29) is 17.2 Å². The van der Waals surface area contributed by atoms with Crippen LogP contribution in [0.5, 0.6) is 0 Å². The number of rotatable bonds is 8. The van der Waals surface area contributed by atoms with Crippen molar-refractivity contribution in [3.63, 3.8) is 0 Å². The summed E-state index contributed by atoms with van der Waals surface area (Å²) in [5.41, 5.74) is 1.77. The van der Waals surface area contributed by atoms with E-state index in [1.807, 2.05) is 0 Å². The molecule has 3 N–H and O–H groups in total. The molecule has 2 aromatic heterocycles. The van der Waals surface area contributed by atoms with E-state index in [0.29, 0.717) is 57.4 Å². The highest BCUT2D eigenvalue weighted by Crippen LogP contribution is 2.25. The monoisotopic (exact) mass is 487 g/mol. The van der Waals surface area contributed by atoms with E-state index >= 15 is 0 Å². The first-order valence-corrected chi connectivity index (χ1v) is 11.5. The molecule has 4 rings (SSSR count). The van der Waals surface area contributed by atoms with Crippen LogP contribution in [0.2, 0.25) is 5.02 Å². The van der Waals surface area contributed by atoms with E-state index in [9.17, 15) is 14.4 Å². The Bertz CT molecular complexity index is 1440. The molecule has 2 heterocycles. The maximum Gasteiger partial charge on any atom is 0.323 e. The third kappa shape index (κ3) is 5.13. The maximum absolute atomic E-state index is 13.1. The van der Waals surface area contributed by atoms with Crippen molar-refractivity contribution >= 4 is 56.9 Å². The fraction of sp³-hybridized carbons (Fsp3) is 0.273. The maximum atomic E-state index is 13.1. The molecule has 2 aromatic carbocycles. The number of fused-ring (bicyclic) bond motifs is 2. The number of hydrogen-bond donors (Lipinski definition) is 3. The van der Waals surface area contributed by atoms with Crippen molar-refractivity contribution < 1.29 is 9.53 Å². The van der Waals surface area contributed by atoms with Crippen LogP contribution in [-0.4, -0.2) is 44.4 Å². The summed E-state index contributed by atoms with van der Waals surface area (Å²) in [6.45, 7) is 2.64. The number of carbonyl (C=O) groups excluding carboxylic acids is 1. The highest BCUT2D eigenvalue weighted by atomic mass is 35.5. The summed E-state index contributed by atoms with van der Waals surface area (Å²) >= 11 is 7.28. The minimum absolute atomic E-state index is 0.190. The van der Waals surface area contributed by atoms with Gasteiger partial charge in [0.25, 0.3) is 5.56 Å². The zero-order valence-electron chi connectivity index (χ0n) is 18.0. The van der Waals surface area contributed by atoms with Crippen LogP contribution in [0, 0.1) is 0 Å². The largest absolute Gasteiger partial charge is 0.385 e. The number of halogens is 1. The summed E-state index contributed by atoms with van der Waals surface area (Å²) in [5, 5.41) is 3.66. The molecule has 0 aliphatic rings. The van der Waals surface area contributed by atoms with Gasteiger partial charge in [-0.15, -0.1) is 0 Å². The van der Waals surface area contributed by atoms with Crippen molar-refractivity contribution in [2.45, 2.75) is 30.3 Å². The average molecular weight is 488 g/mol. The number of thioether (sulfide) groups is 1. The summed E-state index contributed by atoms with van der Waals surface area (Å²) in [6, 6.07) is 10.1. The van der Waals surface area contributed by atoms with Crippen molar-refractivity contribution in [3.05, 3.63) is 62.3 Å². The van der Waals surface area contributed by atoms with Crippen molar-refractivity contribution in [3.8, 4) is 0 Å². The normalized spacial score (nSPS) is 12.3. The lowest BCUT2D eigenvalue weighted by Gasteiger charge is -2.16. The molecule has 0 spiro atoms. The summed E-state index contributed by atoms with van der Waals surface area (Å²) in [4.78, 5) is 47.4. The number of carbonyl (C=O) groups is 1. The fourth-order valence-corrected chi connectivity index (χ4v) is 4.49. The number of nitrogens with one attached hydrogen (secondary N) is 3. The first-order valence-electron chi connectivity index (χ1n) is 10.2. The summed E-state index contributed by atoms with van der Waals surface area (Å²) in [5.74, 6) is -0.263. The second-order valence-electron chi connectivity index (χ2n) is 7.45. The number of ether oxygens (including phenoxy) is 1. The van der Waals surface area contributed by atoms with E-state index in [4.69, 9.17) is 16.3 Å². The Morgan fingerprint density at radius 1 is 1.21 bits per heavy atom. The Labute approximate surface area is 197 Å². The molecule has 9 nitrogen and oxygen atoms in total. The molecular formula is C22H22ClN5O4S. The zero-order valence-corrected chi connectivity index (χ0v) is 19.5. The molecule has 33 heavy (non-hydrogen) atoms. The van der Waals surface area contributed by atoms with Gasteiger partial charge in [-0.05, 0) is 49.7 Å². The smallest absolute Gasteiger partial charge is 0.323 e. The van der Waals surface area contributed by atoms with E-state index in [1.165, 1.54) is 11.8 Å². The van der Waals surface area contributed by atoms with Gasteiger partial charge in [-0.1, -0.05) is 23.4 Å². The predicted octanol–water partition coefficient (Wildman–Crippen LogP) is 3.38. The number of nitrogens with zero attached hydrogens (tertiary/aromatic N) is 2. The number of aromatic amines is 2. The van der Waals surface area contributed by atoms with Crippen LogP contribution >= 0.6 is 23.4 Å². The Hall–Kier alpha value is -3.08. The van der Waals surface area contributed by atoms with Gasteiger partial charge >= 0.3 is 5.69 Å². The lowest BCUT2D eigenvalue weighted by molar-refractivity contribution is -0.115. The van der Waals surface area contributed by atoms with Crippen LogP contribution in [0.25, 0.3) is 21.9 Å². The van der Waals surface area contributed by atoms with Crippen molar-refractivity contribution in [1.29, 1.82) is 0 Å². The number of amides is 1. The van der Waals surface area contributed by atoms with Gasteiger partial charge in [0.2, 0.25) is 5.91 Å². The number of imidazole rings is 1. The van der Waals surface area contributed by atoms with E-state index in [0.717, 1.165) is 0 Å². The third-order valence-corrected chi connectivity index (χ3v) is 6.37. The Balaban J connectivity index is 1.59. The van der Waals surface area contributed by atoms with Gasteiger partial charge in [-0.25, -0.2) is 9.78 Å². The number of anilines is 1. The third-order valence-electron chi connectivity index (χ3n) is 5.05.